The van der Waals surface area contributed by atoms with Gasteiger partial charge in [-0.15, -0.1) is 0 Å². The van der Waals surface area contributed by atoms with Gasteiger partial charge in [0, 0.05) is 33.4 Å². The van der Waals surface area contributed by atoms with Crippen LogP contribution < -0.4 is 16.0 Å². The summed E-state index contributed by atoms with van der Waals surface area (Å²) in [6, 6.07) is 1.95. The van der Waals surface area contributed by atoms with Crippen molar-refractivity contribution in [2.75, 3.05) is 20.1 Å². The zero-order valence-electron chi connectivity index (χ0n) is 14.6. The summed E-state index contributed by atoms with van der Waals surface area (Å²) in [5.41, 5.74) is 0.597. The van der Waals surface area contributed by atoms with Crippen LogP contribution in [0.2, 0.25) is 0 Å². The number of carbonyl (C=O) groups is 1. The number of nitrogens with zero attached hydrogens (tertiary/aromatic N) is 3. The number of alkyl carbamates (subject to hydrolysis) is 1. The van der Waals surface area contributed by atoms with E-state index in [9.17, 15) is 4.79 Å². The number of carbonyl (C=O) groups excluding carboxylic acids is 1. The van der Waals surface area contributed by atoms with Crippen LogP contribution in [0, 0.1) is 0 Å². The van der Waals surface area contributed by atoms with Gasteiger partial charge in [0.25, 0.3) is 0 Å². The second kappa shape index (κ2) is 9.02. The molecule has 1 aromatic heterocycles. The molecule has 0 fully saturated rings. The third kappa shape index (κ3) is 8.08. The highest BCUT2D eigenvalue weighted by Crippen LogP contribution is 2.06. The van der Waals surface area contributed by atoms with Crippen molar-refractivity contribution in [1.82, 2.24) is 25.7 Å². The standard InChI is InChI=1S/C15H28N6O2/c1-15(2,3)23-14(22)18-9-6-8-17-13(16-4)19-11-12-7-10-20-21(12)5/h7,10H,6,8-9,11H2,1-5H3,(H,18,22)(H2,16,17,19). The lowest BCUT2D eigenvalue weighted by Gasteiger charge is -2.19. The first kappa shape index (κ1) is 18.8. The molecule has 0 aromatic carbocycles. The van der Waals surface area contributed by atoms with Gasteiger partial charge in [-0.1, -0.05) is 0 Å². The second-order valence-electron chi connectivity index (χ2n) is 6.08. The van der Waals surface area contributed by atoms with Crippen molar-refractivity contribution < 1.29 is 9.53 Å². The van der Waals surface area contributed by atoms with Crippen LogP contribution in [-0.2, 0) is 18.3 Å². The van der Waals surface area contributed by atoms with Gasteiger partial charge in [0.05, 0.1) is 12.2 Å². The van der Waals surface area contributed by atoms with Crippen LogP contribution in [0.25, 0.3) is 0 Å². The molecule has 1 rings (SSSR count). The summed E-state index contributed by atoms with van der Waals surface area (Å²) in [6.07, 6.45) is 2.14. The fraction of sp³-hybridized carbons (Fsp3) is 0.667. The zero-order chi connectivity index (χ0) is 17.3. The minimum absolute atomic E-state index is 0.392. The maximum atomic E-state index is 11.5. The summed E-state index contributed by atoms with van der Waals surface area (Å²) in [4.78, 5) is 15.6. The first-order valence-electron chi connectivity index (χ1n) is 7.70. The fourth-order valence-corrected chi connectivity index (χ4v) is 1.77. The van der Waals surface area contributed by atoms with Gasteiger partial charge < -0.3 is 20.7 Å². The number of rotatable bonds is 6. The molecule has 8 nitrogen and oxygen atoms in total. The van der Waals surface area contributed by atoms with Crippen molar-refractivity contribution in [2.45, 2.75) is 39.3 Å². The highest BCUT2D eigenvalue weighted by molar-refractivity contribution is 5.79. The highest BCUT2D eigenvalue weighted by atomic mass is 16.6. The number of nitrogens with one attached hydrogen (secondary N) is 3. The summed E-state index contributed by atoms with van der Waals surface area (Å²) >= 11 is 0. The Bertz CT molecular complexity index is 518. The number of aryl methyl sites for hydroxylation is 1. The van der Waals surface area contributed by atoms with Crippen molar-refractivity contribution >= 4 is 12.1 Å². The summed E-state index contributed by atoms with van der Waals surface area (Å²) in [5.74, 6) is 0.712. The van der Waals surface area contributed by atoms with E-state index in [1.807, 2.05) is 38.6 Å². The van der Waals surface area contributed by atoms with Crippen LogP contribution in [0.1, 0.15) is 32.9 Å². The number of aliphatic imine (C=N–C) groups is 1. The van der Waals surface area contributed by atoms with E-state index >= 15 is 0 Å². The lowest BCUT2D eigenvalue weighted by molar-refractivity contribution is 0.0527. The van der Waals surface area contributed by atoms with Gasteiger partial charge in [-0.3, -0.25) is 9.67 Å². The number of hydrogen-bond donors (Lipinski definition) is 3. The molecule has 1 heterocycles. The predicted molar refractivity (Wildman–Crippen MR) is 90.3 cm³/mol. The van der Waals surface area contributed by atoms with E-state index in [2.05, 4.69) is 26.0 Å². The number of ether oxygens (including phenoxy) is 1. The Balaban J connectivity index is 2.16. The second-order valence-corrected chi connectivity index (χ2v) is 6.08. The number of amides is 1. The van der Waals surface area contributed by atoms with Crippen LogP contribution in [0.5, 0.6) is 0 Å². The number of guanidine groups is 1. The largest absolute Gasteiger partial charge is 0.444 e. The van der Waals surface area contributed by atoms with Gasteiger partial charge in [0.2, 0.25) is 0 Å². The maximum Gasteiger partial charge on any atom is 0.407 e. The molecule has 8 heteroatoms. The van der Waals surface area contributed by atoms with Crippen molar-refractivity contribution in [1.29, 1.82) is 0 Å². The number of hydrogen-bond acceptors (Lipinski definition) is 4. The molecule has 1 amide bonds. The van der Waals surface area contributed by atoms with Gasteiger partial charge in [0.1, 0.15) is 5.60 Å². The van der Waals surface area contributed by atoms with E-state index in [4.69, 9.17) is 4.74 Å². The van der Waals surface area contributed by atoms with Gasteiger partial charge in [-0.05, 0) is 33.3 Å². The van der Waals surface area contributed by atoms with E-state index in [-0.39, 0.29) is 0 Å². The van der Waals surface area contributed by atoms with Crippen LogP contribution in [0.4, 0.5) is 4.79 Å². The topological polar surface area (TPSA) is 92.6 Å². The monoisotopic (exact) mass is 324 g/mol. The Kier molecular flexibility index (Phi) is 7.37. The molecule has 0 aliphatic carbocycles. The molecule has 0 aliphatic heterocycles. The average molecular weight is 324 g/mol. The molecule has 0 unspecified atom stereocenters. The van der Waals surface area contributed by atoms with Gasteiger partial charge >= 0.3 is 6.09 Å². The molecule has 130 valence electrons. The third-order valence-corrected chi connectivity index (χ3v) is 2.90. The molecule has 0 saturated heterocycles. The molecule has 0 spiro atoms. The SMILES string of the molecule is CN=C(NCCCNC(=O)OC(C)(C)C)NCc1ccnn1C. The predicted octanol–water partition coefficient (Wildman–Crippen LogP) is 1.000. The summed E-state index contributed by atoms with van der Waals surface area (Å²) in [5, 5.41) is 13.2. The fourth-order valence-electron chi connectivity index (χ4n) is 1.77. The average Bonchev–Trinajstić information content (AvgIpc) is 2.85. The lowest BCUT2D eigenvalue weighted by atomic mass is 10.2. The summed E-state index contributed by atoms with van der Waals surface area (Å²) < 4.78 is 6.97. The van der Waals surface area contributed by atoms with E-state index in [0.717, 1.165) is 12.1 Å². The van der Waals surface area contributed by atoms with E-state index in [1.54, 1.807) is 13.2 Å². The first-order valence-corrected chi connectivity index (χ1v) is 7.70. The van der Waals surface area contributed by atoms with Crippen LogP contribution in [0.15, 0.2) is 17.3 Å². The van der Waals surface area contributed by atoms with Crippen molar-refractivity contribution in [2.24, 2.45) is 12.0 Å². The lowest BCUT2D eigenvalue weighted by Crippen LogP contribution is -2.39. The van der Waals surface area contributed by atoms with Crippen molar-refractivity contribution in [3.8, 4) is 0 Å². The Morgan fingerprint density at radius 1 is 1.30 bits per heavy atom. The van der Waals surface area contributed by atoms with Crippen molar-refractivity contribution in [3.63, 3.8) is 0 Å². The van der Waals surface area contributed by atoms with Crippen LogP contribution >= 0.6 is 0 Å². The minimum atomic E-state index is -0.472. The Morgan fingerprint density at radius 3 is 2.57 bits per heavy atom. The maximum absolute atomic E-state index is 11.5. The number of aromatic nitrogens is 2. The van der Waals surface area contributed by atoms with E-state index < -0.39 is 11.7 Å². The Hall–Kier alpha value is -2.25. The molecular formula is C15H28N6O2. The molecule has 0 saturated carbocycles. The molecule has 1 aromatic rings. The van der Waals surface area contributed by atoms with E-state index in [1.165, 1.54) is 0 Å². The van der Waals surface area contributed by atoms with Gasteiger partial charge in [-0.25, -0.2) is 4.79 Å². The summed E-state index contributed by atoms with van der Waals surface area (Å²) in [7, 11) is 3.62. The zero-order valence-corrected chi connectivity index (χ0v) is 14.6. The highest BCUT2D eigenvalue weighted by Gasteiger charge is 2.15. The van der Waals surface area contributed by atoms with Gasteiger partial charge in [0.15, 0.2) is 5.96 Å². The summed E-state index contributed by atoms with van der Waals surface area (Å²) in [6.45, 7) is 7.40. The molecule has 23 heavy (non-hydrogen) atoms. The van der Waals surface area contributed by atoms with Crippen LogP contribution in [0.3, 0.4) is 0 Å². The molecule has 0 atom stereocenters. The molecular weight excluding hydrogens is 296 g/mol. The van der Waals surface area contributed by atoms with Crippen molar-refractivity contribution in [3.05, 3.63) is 18.0 Å². The Labute approximate surface area is 137 Å². The molecule has 0 bridgehead atoms. The van der Waals surface area contributed by atoms with Gasteiger partial charge in [-0.2, -0.15) is 5.10 Å². The molecule has 0 aliphatic rings. The van der Waals surface area contributed by atoms with E-state index in [0.29, 0.717) is 25.6 Å². The molecule has 3 N–H and O–H groups in total. The smallest absolute Gasteiger partial charge is 0.407 e. The normalized spacial score (nSPS) is 12.0. The Morgan fingerprint density at radius 2 is 2.00 bits per heavy atom. The van der Waals surface area contributed by atoms with Crippen LogP contribution in [-0.4, -0.2) is 47.6 Å². The molecule has 0 radical (unpaired) electrons. The minimum Gasteiger partial charge on any atom is -0.444 e. The quantitative estimate of drug-likeness (QED) is 0.412. The third-order valence-electron chi connectivity index (χ3n) is 2.90. The first-order chi connectivity index (χ1) is 10.8.